The summed E-state index contributed by atoms with van der Waals surface area (Å²) in [6, 6.07) is 1.80. The third-order valence-corrected chi connectivity index (χ3v) is 4.47. The van der Waals surface area contributed by atoms with Gasteiger partial charge < -0.3 is 15.3 Å². The van der Waals surface area contributed by atoms with E-state index in [4.69, 9.17) is 5.11 Å². The van der Waals surface area contributed by atoms with E-state index in [1.165, 1.54) is 4.90 Å². The second kappa shape index (κ2) is 7.38. The lowest BCUT2D eigenvalue weighted by Gasteiger charge is -2.34. The fourth-order valence-corrected chi connectivity index (χ4v) is 2.91. The first-order valence-corrected chi connectivity index (χ1v) is 7.73. The molecule has 0 atom stereocenters. The van der Waals surface area contributed by atoms with E-state index >= 15 is 0 Å². The lowest BCUT2D eigenvalue weighted by atomic mass is 9.86. The monoisotopic (exact) mass is 348 g/mol. The van der Waals surface area contributed by atoms with E-state index in [1.807, 2.05) is 0 Å². The van der Waals surface area contributed by atoms with Crippen LogP contribution in [-0.2, 0) is 6.18 Å². The van der Waals surface area contributed by atoms with Crippen LogP contribution in [0.2, 0.25) is 0 Å². The molecule has 4 nitrogen and oxygen atoms in total. The van der Waals surface area contributed by atoms with Gasteiger partial charge in [-0.05, 0) is 49.8 Å². The molecule has 1 aromatic carbocycles. The molecule has 24 heavy (non-hydrogen) atoms. The number of alkyl halides is 3. The number of rotatable bonds is 3. The number of hydrogen-bond donors (Lipinski definition) is 2. The molecule has 0 heterocycles. The molecule has 2 rings (SSSR count). The molecule has 0 aromatic heterocycles. The van der Waals surface area contributed by atoms with Crippen LogP contribution >= 0.6 is 0 Å². The number of carbonyl (C=O) groups is 1. The van der Waals surface area contributed by atoms with Crippen molar-refractivity contribution >= 4 is 11.7 Å². The zero-order valence-electron chi connectivity index (χ0n) is 13.2. The molecule has 1 saturated carbocycles. The number of nitrogens with zero attached hydrogens (tertiary/aromatic N) is 1. The van der Waals surface area contributed by atoms with Crippen molar-refractivity contribution in [3.8, 4) is 0 Å². The summed E-state index contributed by atoms with van der Waals surface area (Å²) in [5, 5.41) is 11.5. The Morgan fingerprint density at radius 1 is 1.29 bits per heavy atom. The summed E-state index contributed by atoms with van der Waals surface area (Å²) in [4.78, 5) is 13.6. The minimum absolute atomic E-state index is 0.0321. The highest BCUT2D eigenvalue weighted by atomic mass is 19.4. The van der Waals surface area contributed by atoms with Gasteiger partial charge in [0.05, 0.1) is 5.56 Å². The molecule has 0 unspecified atom stereocenters. The molecule has 1 fully saturated rings. The van der Waals surface area contributed by atoms with E-state index in [0.29, 0.717) is 12.1 Å². The third kappa shape index (κ3) is 4.37. The number of amides is 2. The van der Waals surface area contributed by atoms with Crippen LogP contribution in [0.15, 0.2) is 18.2 Å². The number of halogens is 4. The largest absolute Gasteiger partial charge is 0.419 e. The minimum Gasteiger partial charge on any atom is -0.396 e. The average Bonchev–Trinajstić information content (AvgIpc) is 2.55. The molecule has 0 bridgehead atoms. The van der Waals surface area contributed by atoms with Crippen LogP contribution in [0, 0.1) is 11.7 Å². The minimum atomic E-state index is -4.82. The number of aliphatic hydroxyl groups is 1. The maximum absolute atomic E-state index is 13.3. The van der Waals surface area contributed by atoms with Crippen LogP contribution < -0.4 is 5.32 Å². The molecule has 0 saturated heterocycles. The SMILES string of the molecule is CN(C(=O)Nc1ccc(F)c(C(F)(F)F)c1)C1CCC(CO)CC1. The van der Waals surface area contributed by atoms with E-state index < -0.39 is 23.6 Å². The zero-order valence-corrected chi connectivity index (χ0v) is 13.2. The van der Waals surface area contributed by atoms with E-state index in [2.05, 4.69) is 5.32 Å². The van der Waals surface area contributed by atoms with Gasteiger partial charge in [-0.1, -0.05) is 0 Å². The Labute approximate surface area is 137 Å². The van der Waals surface area contributed by atoms with Gasteiger partial charge in [-0.25, -0.2) is 9.18 Å². The molecule has 1 aromatic rings. The highest BCUT2D eigenvalue weighted by molar-refractivity contribution is 5.89. The Bertz CT molecular complexity index is 584. The van der Waals surface area contributed by atoms with Crippen molar-refractivity contribution in [3.63, 3.8) is 0 Å². The Morgan fingerprint density at radius 3 is 2.46 bits per heavy atom. The van der Waals surface area contributed by atoms with Crippen molar-refractivity contribution in [1.82, 2.24) is 4.90 Å². The molecule has 2 amide bonds. The van der Waals surface area contributed by atoms with Crippen molar-refractivity contribution in [2.75, 3.05) is 19.0 Å². The number of hydrogen-bond acceptors (Lipinski definition) is 2. The summed E-state index contributed by atoms with van der Waals surface area (Å²) in [7, 11) is 1.58. The normalized spacial score (nSPS) is 21.4. The van der Waals surface area contributed by atoms with Crippen LogP contribution in [0.4, 0.5) is 28.0 Å². The van der Waals surface area contributed by atoms with Crippen LogP contribution in [-0.4, -0.2) is 35.7 Å². The highest BCUT2D eigenvalue weighted by Gasteiger charge is 2.34. The summed E-state index contributed by atoms with van der Waals surface area (Å²) in [5.41, 5.74) is -1.52. The maximum Gasteiger partial charge on any atom is 0.419 e. The molecular formula is C16H20F4N2O2. The summed E-state index contributed by atoms with van der Waals surface area (Å²) < 4.78 is 51.4. The topological polar surface area (TPSA) is 52.6 Å². The van der Waals surface area contributed by atoms with Gasteiger partial charge in [-0.3, -0.25) is 0 Å². The van der Waals surface area contributed by atoms with Crippen LogP contribution in [0.25, 0.3) is 0 Å². The Balaban J connectivity index is 2.02. The van der Waals surface area contributed by atoms with E-state index in [1.54, 1.807) is 7.05 Å². The molecule has 134 valence electrons. The molecule has 1 aliphatic rings. The predicted molar refractivity (Wildman–Crippen MR) is 81.0 cm³/mol. The molecule has 0 spiro atoms. The van der Waals surface area contributed by atoms with Gasteiger partial charge in [0.25, 0.3) is 0 Å². The number of carbonyl (C=O) groups excluding carboxylic acids is 1. The van der Waals surface area contributed by atoms with Crippen molar-refractivity contribution in [2.45, 2.75) is 37.9 Å². The second-order valence-electron chi connectivity index (χ2n) is 6.09. The van der Waals surface area contributed by atoms with Crippen molar-refractivity contribution < 1.29 is 27.5 Å². The summed E-state index contributed by atoms with van der Waals surface area (Å²) in [6.45, 7) is 0.123. The average molecular weight is 348 g/mol. The van der Waals surface area contributed by atoms with Crippen LogP contribution in [0.5, 0.6) is 0 Å². The second-order valence-corrected chi connectivity index (χ2v) is 6.09. The summed E-state index contributed by atoms with van der Waals surface area (Å²) in [5.74, 6) is -1.14. The van der Waals surface area contributed by atoms with E-state index in [-0.39, 0.29) is 24.3 Å². The van der Waals surface area contributed by atoms with Crippen molar-refractivity contribution in [1.29, 1.82) is 0 Å². The summed E-state index contributed by atoms with van der Waals surface area (Å²) in [6.07, 6.45) is -1.76. The van der Waals surface area contributed by atoms with Gasteiger partial charge in [0.2, 0.25) is 0 Å². The molecule has 1 aliphatic carbocycles. The lowest BCUT2D eigenvalue weighted by Crippen LogP contribution is -2.42. The number of benzene rings is 1. The first-order chi connectivity index (χ1) is 11.2. The first kappa shape index (κ1) is 18.5. The quantitative estimate of drug-likeness (QED) is 0.815. The smallest absolute Gasteiger partial charge is 0.396 e. The zero-order chi connectivity index (χ0) is 17.9. The van der Waals surface area contributed by atoms with Gasteiger partial charge in [-0.15, -0.1) is 0 Å². The molecule has 0 aliphatic heterocycles. The maximum atomic E-state index is 13.3. The molecule has 8 heteroatoms. The lowest BCUT2D eigenvalue weighted by molar-refractivity contribution is -0.139. The van der Waals surface area contributed by atoms with Gasteiger partial charge in [0, 0.05) is 25.4 Å². The van der Waals surface area contributed by atoms with Crippen LogP contribution in [0.1, 0.15) is 31.2 Å². The first-order valence-electron chi connectivity index (χ1n) is 7.73. The number of urea groups is 1. The Hall–Kier alpha value is -1.83. The van der Waals surface area contributed by atoms with Gasteiger partial charge in [0.1, 0.15) is 5.82 Å². The standard InChI is InChI=1S/C16H20F4N2O2/c1-22(12-5-2-10(9-23)3-6-12)15(24)21-11-4-7-14(17)13(8-11)16(18,19)20/h4,7-8,10,12,23H,2-3,5-6,9H2,1H3,(H,21,24). The highest BCUT2D eigenvalue weighted by Crippen LogP contribution is 2.33. The predicted octanol–water partition coefficient (Wildman–Crippen LogP) is 3.86. The van der Waals surface area contributed by atoms with Crippen LogP contribution in [0.3, 0.4) is 0 Å². The Kier molecular flexibility index (Phi) is 5.69. The molecule has 0 radical (unpaired) electrons. The van der Waals surface area contributed by atoms with E-state index in [9.17, 15) is 22.4 Å². The van der Waals surface area contributed by atoms with Gasteiger partial charge in [-0.2, -0.15) is 13.2 Å². The van der Waals surface area contributed by atoms with Crippen molar-refractivity contribution in [2.24, 2.45) is 5.92 Å². The van der Waals surface area contributed by atoms with Gasteiger partial charge >= 0.3 is 12.2 Å². The Morgan fingerprint density at radius 2 is 1.92 bits per heavy atom. The molecular weight excluding hydrogens is 328 g/mol. The van der Waals surface area contributed by atoms with Gasteiger partial charge in [0.15, 0.2) is 0 Å². The third-order valence-electron chi connectivity index (χ3n) is 4.47. The molecule has 2 N–H and O–H groups in total. The van der Waals surface area contributed by atoms with E-state index in [0.717, 1.165) is 31.7 Å². The van der Waals surface area contributed by atoms with Crippen molar-refractivity contribution in [3.05, 3.63) is 29.6 Å². The fourth-order valence-electron chi connectivity index (χ4n) is 2.91. The summed E-state index contributed by atoms with van der Waals surface area (Å²) >= 11 is 0. The number of aliphatic hydroxyl groups excluding tert-OH is 1. The number of anilines is 1. The fraction of sp³-hybridized carbons (Fsp3) is 0.562. The number of nitrogens with one attached hydrogen (secondary N) is 1.